The minimum atomic E-state index is -0.673. The molecular weight excluding hydrogens is 751 g/mol. The Kier molecular flexibility index (Phi) is 8.01. The van der Waals surface area contributed by atoms with Gasteiger partial charge in [-0.3, -0.25) is 0 Å². The minimum Gasteiger partial charge on any atom is -0.497 e. The lowest BCUT2D eigenvalue weighted by molar-refractivity contribution is 0.415. The van der Waals surface area contributed by atoms with Crippen molar-refractivity contribution in [3.63, 3.8) is 0 Å². The first kappa shape index (κ1) is 36.0. The molecule has 10 aromatic rings. The second-order valence-electron chi connectivity index (χ2n) is 16.4. The lowest BCUT2D eigenvalue weighted by Gasteiger charge is -2.45. The highest BCUT2D eigenvalue weighted by Crippen LogP contribution is 2.64. The van der Waals surface area contributed by atoms with Crippen molar-refractivity contribution in [1.82, 2.24) is 0 Å². The molecule has 62 heavy (non-hydrogen) atoms. The highest BCUT2D eigenvalue weighted by atomic mass is 16.5. The molecule has 10 aromatic carbocycles. The van der Waals surface area contributed by atoms with Crippen LogP contribution in [0.1, 0.15) is 33.4 Å². The van der Waals surface area contributed by atoms with Crippen molar-refractivity contribution in [2.75, 3.05) is 12.0 Å². The molecule has 0 N–H and O–H groups in total. The summed E-state index contributed by atoms with van der Waals surface area (Å²) in [6, 6.07) is 71.8. The van der Waals surface area contributed by atoms with E-state index in [-0.39, 0.29) is 0 Å². The standard InChI is InChI=1S/C60H41NO/c1-4-38-34-39-16-6-9-19-47(39)58(46(38)5-2)42-26-32-50-51-33-27-43(59-48-20-10-7-17-40(48)35-41-18-8-11-21-49(41)59)37-55(51)60(54(50)36-42)52-22-12-14-24-56(52)61(57-25-15-13-23-53(57)60)44-28-30-45(62-3)31-29-44/h4-37H,1-2H2,3H3. The maximum atomic E-state index is 5.63. The zero-order valence-electron chi connectivity index (χ0n) is 34.4. The van der Waals surface area contributed by atoms with Gasteiger partial charge < -0.3 is 9.64 Å². The molecule has 0 unspecified atom stereocenters. The summed E-state index contributed by atoms with van der Waals surface area (Å²) in [5.41, 5.74) is 17.1. The summed E-state index contributed by atoms with van der Waals surface area (Å²) in [6.45, 7) is 8.59. The highest BCUT2D eigenvalue weighted by molar-refractivity contribution is 6.13. The predicted octanol–water partition coefficient (Wildman–Crippen LogP) is 15.9. The molecule has 0 amide bonds. The molecule has 1 heterocycles. The maximum Gasteiger partial charge on any atom is 0.119 e. The number of rotatable bonds is 6. The van der Waals surface area contributed by atoms with E-state index < -0.39 is 5.41 Å². The van der Waals surface area contributed by atoms with E-state index >= 15 is 0 Å². The smallest absolute Gasteiger partial charge is 0.119 e. The monoisotopic (exact) mass is 791 g/mol. The summed E-state index contributed by atoms with van der Waals surface area (Å²) in [4.78, 5) is 2.43. The Morgan fingerprint density at radius 3 is 1.47 bits per heavy atom. The van der Waals surface area contributed by atoms with Crippen LogP contribution in [0.25, 0.3) is 77.9 Å². The van der Waals surface area contributed by atoms with Crippen molar-refractivity contribution < 1.29 is 4.74 Å². The van der Waals surface area contributed by atoms with E-state index in [9.17, 15) is 0 Å². The molecule has 2 heteroatoms. The van der Waals surface area contributed by atoms with Crippen LogP contribution in [-0.2, 0) is 5.41 Å². The van der Waals surface area contributed by atoms with Gasteiger partial charge in [0.05, 0.1) is 23.9 Å². The van der Waals surface area contributed by atoms with Gasteiger partial charge in [0, 0.05) is 5.69 Å². The Morgan fingerprint density at radius 2 is 0.935 bits per heavy atom. The van der Waals surface area contributed by atoms with Crippen molar-refractivity contribution in [3.05, 3.63) is 241 Å². The minimum absolute atomic E-state index is 0.673. The van der Waals surface area contributed by atoms with E-state index in [0.717, 1.165) is 39.5 Å². The second kappa shape index (κ2) is 13.8. The number of nitrogens with zero attached hydrogens (tertiary/aromatic N) is 1. The molecule has 2 aliphatic rings. The number of para-hydroxylation sites is 2. The van der Waals surface area contributed by atoms with Gasteiger partial charge in [0.2, 0.25) is 0 Å². The number of methoxy groups -OCH3 is 1. The lowest BCUT2D eigenvalue weighted by Crippen LogP contribution is -2.36. The molecule has 0 saturated carbocycles. The quantitative estimate of drug-likeness (QED) is 0.156. The third-order valence-corrected chi connectivity index (χ3v) is 13.5. The first-order valence-corrected chi connectivity index (χ1v) is 21.3. The molecule has 0 radical (unpaired) electrons. The SMILES string of the molecule is C=Cc1cc2ccccc2c(-c2ccc3c(c2)C2(c4cc(-c5c6ccccc6cc6ccccc56)ccc4-3)c3ccccc3N(c3ccc(OC)cc3)c3ccccc32)c1C=C. The summed E-state index contributed by atoms with van der Waals surface area (Å²) < 4.78 is 5.63. The van der Waals surface area contributed by atoms with Gasteiger partial charge in [-0.15, -0.1) is 0 Å². The van der Waals surface area contributed by atoms with Crippen LogP contribution in [-0.4, -0.2) is 7.11 Å². The third kappa shape index (κ3) is 4.98. The molecule has 292 valence electrons. The van der Waals surface area contributed by atoms with Crippen LogP contribution in [0.15, 0.2) is 207 Å². The van der Waals surface area contributed by atoms with Gasteiger partial charge in [0.15, 0.2) is 0 Å². The molecule has 1 aliphatic heterocycles. The fraction of sp³-hybridized carbons (Fsp3) is 0.0333. The summed E-state index contributed by atoms with van der Waals surface area (Å²) >= 11 is 0. The third-order valence-electron chi connectivity index (χ3n) is 13.5. The zero-order chi connectivity index (χ0) is 41.5. The Bertz CT molecular complexity index is 3400. The van der Waals surface area contributed by atoms with Crippen LogP contribution in [0, 0.1) is 0 Å². The number of benzene rings is 10. The summed E-state index contributed by atoms with van der Waals surface area (Å²) in [7, 11) is 1.72. The molecule has 0 aromatic heterocycles. The predicted molar refractivity (Wildman–Crippen MR) is 262 cm³/mol. The normalized spacial score (nSPS) is 13.1. The fourth-order valence-electron chi connectivity index (χ4n) is 10.9. The Hall–Kier alpha value is -7.94. The maximum absolute atomic E-state index is 5.63. The first-order chi connectivity index (χ1) is 30.6. The van der Waals surface area contributed by atoms with E-state index in [2.05, 4.69) is 212 Å². The van der Waals surface area contributed by atoms with Crippen LogP contribution in [0.4, 0.5) is 17.1 Å². The van der Waals surface area contributed by atoms with Crippen LogP contribution >= 0.6 is 0 Å². The average Bonchev–Trinajstić information content (AvgIpc) is 3.61. The Morgan fingerprint density at radius 1 is 0.452 bits per heavy atom. The molecule has 2 nitrogen and oxygen atoms in total. The topological polar surface area (TPSA) is 12.5 Å². The lowest BCUT2D eigenvalue weighted by atomic mass is 9.64. The van der Waals surface area contributed by atoms with Crippen LogP contribution < -0.4 is 9.64 Å². The van der Waals surface area contributed by atoms with Gasteiger partial charge >= 0.3 is 0 Å². The largest absolute Gasteiger partial charge is 0.497 e. The van der Waals surface area contributed by atoms with Crippen molar-refractivity contribution >= 4 is 61.5 Å². The molecule has 0 saturated heterocycles. The number of anilines is 3. The zero-order valence-corrected chi connectivity index (χ0v) is 34.4. The molecule has 1 aliphatic carbocycles. The number of hydrogen-bond donors (Lipinski definition) is 0. The summed E-state index contributed by atoms with van der Waals surface area (Å²) in [5.74, 6) is 0.829. The molecule has 0 fully saturated rings. The van der Waals surface area contributed by atoms with E-state index in [1.165, 1.54) is 82.4 Å². The highest BCUT2D eigenvalue weighted by Gasteiger charge is 2.52. The van der Waals surface area contributed by atoms with E-state index in [1.54, 1.807) is 7.11 Å². The van der Waals surface area contributed by atoms with Crippen molar-refractivity contribution in [1.29, 1.82) is 0 Å². The summed E-state index contributed by atoms with van der Waals surface area (Å²) in [5, 5.41) is 7.34. The number of hydrogen-bond acceptors (Lipinski definition) is 2. The molecule has 12 rings (SSSR count). The van der Waals surface area contributed by atoms with Crippen molar-refractivity contribution in [2.24, 2.45) is 0 Å². The van der Waals surface area contributed by atoms with Gasteiger partial charge in [-0.25, -0.2) is 0 Å². The van der Waals surface area contributed by atoms with Crippen molar-refractivity contribution in [3.8, 4) is 39.1 Å². The van der Waals surface area contributed by atoms with Gasteiger partial charge in [-0.1, -0.05) is 159 Å². The van der Waals surface area contributed by atoms with Crippen LogP contribution in [0.5, 0.6) is 5.75 Å². The van der Waals surface area contributed by atoms with Gasteiger partial charge in [-0.05, 0) is 160 Å². The van der Waals surface area contributed by atoms with E-state index in [0.29, 0.717) is 0 Å². The molecule has 0 bridgehead atoms. The van der Waals surface area contributed by atoms with Gasteiger partial charge in [0.25, 0.3) is 0 Å². The first-order valence-electron chi connectivity index (χ1n) is 21.3. The van der Waals surface area contributed by atoms with Crippen molar-refractivity contribution in [2.45, 2.75) is 5.41 Å². The molecular formula is C60H41NO. The Labute approximate surface area is 361 Å². The fourth-order valence-corrected chi connectivity index (χ4v) is 10.9. The van der Waals surface area contributed by atoms with E-state index in [4.69, 9.17) is 4.74 Å². The van der Waals surface area contributed by atoms with Crippen LogP contribution in [0.3, 0.4) is 0 Å². The Balaban J connectivity index is 1.21. The van der Waals surface area contributed by atoms with Gasteiger partial charge in [0.1, 0.15) is 5.75 Å². The number of ether oxygens (including phenoxy) is 1. The van der Waals surface area contributed by atoms with E-state index in [1.807, 2.05) is 12.2 Å². The molecule has 0 atom stereocenters. The number of fused-ring (bicyclic) bond motifs is 12. The molecule has 1 spiro atoms. The second-order valence-corrected chi connectivity index (χ2v) is 16.4. The van der Waals surface area contributed by atoms with Crippen LogP contribution in [0.2, 0.25) is 0 Å². The average molecular weight is 792 g/mol. The summed E-state index contributed by atoms with van der Waals surface area (Å²) in [6.07, 6.45) is 3.95. The van der Waals surface area contributed by atoms with Gasteiger partial charge in [-0.2, -0.15) is 0 Å².